The maximum atomic E-state index is 12.1. The molecule has 0 saturated carbocycles. The Morgan fingerprint density at radius 1 is 1.36 bits per heavy atom. The van der Waals surface area contributed by atoms with Gasteiger partial charge in [0.1, 0.15) is 6.10 Å². The van der Waals surface area contributed by atoms with Gasteiger partial charge >= 0.3 is 0 Å². The highest BCUT2D eigenvalue weighted by Crippen LogP contribution is 2.26. The summed E-state index contributed by atoms with van der Waals surface area (Å²) in [6.45, 7) is 2.53. The van der Waals surface area contributed by atoms with Crippen molar-refractivity contribution in [2.75, 3.05) is 6.54 Å². The van der Waals surface area contributed by atoms with Crippen molar-refractivity contribution in [1.82, 2.24) is 10.3 Å². The van der Waals surface area contributed by atoms with E-state index in [9.17, 15) is 4.79 Å². The second-order valence-corrected chi connectivity index (χ2v) is 6.24. The van der Waals surface area contributed by atoms with Crippen LogP contribution in [0.5, 0.6) is 0 Å². The molecule has 1 aliphatic heterocycles. The summed E-state index contributed by atoms with van der Waals surface area (Å²) in [5.74, 6) is 0.977. The number of nitrogens with one attached hydrogen (secondary N) is 1. The van der Waals surface area contributed by atoms with Crippen molar-refractivity contribution in [2.45, 2.75) is 38.5 Å². The molecular weight excluding hydrogens is 365 g/mol. The molecule has 0 aliphatic carbocycles. The third kappa shape index (κ3) is 4.73. The molecule has 1 saturated heterocycles. The number of hydrogen-bond donors (Lipinski definition) is 2. The SMILES string of the molecule is Cc1nc(CNC(=O)[C@@H]2CC[C@H](CN)O2)oc1-c1ccc(Cl)cc1.Cl. The predicted octanol–water partition coefficient (Wildman–Crippen LogP) is 2.85. The molecule has 136 valence electrons. The topological polar surface area (TPSA) is 90.4 Å². The fraction of sp³-hybridized carbons (Fsp3) is 0.412. The number of carbonyl (C=O) groups excluding carboxylic acids is 1. The molecule has 8 heteroatoms. The Morgan fingerprint density at radius 3 is 2.72 bits per heavy atom. The van der Waals surface area contributed by atoms with Crippen LogP contribution in [0.25, 0.3) is 11.3 Å². The molecule has 6 nitrogen and oxygen atoms in total. The van der Waals surface area contributed by atoms with Gasteiger partial charge in [0.15, 0.2) is 5.76 Å². The molecule has 2 aromatic rings. The molecule has 0 bridgehead atoms. The first kappa shape index (κ1) is 19.7. The highest BCUT2D eigenvalue weighted by molar-refractivity contribution is 6.30. The molecule has 25 heavy (non-hydrogen) atoms. The Balaban J connectivity index is 0.00000225. The third-order valence-corrected chi connectivity index (χ3v) is 4.28. The van der Waals surface area contributed by atoms with Crippen molar-refractivity contribution < 1.29 is 13.9 Å². The summed E-state index contributed by atoms with van der Waals surface area (Å²) in [7, 11) is 0. The average molecular weight is 386 g/mol. The van der Waals surface area contributed by atoms with Crippen molar-refractivity contribution in [3.05, 3.63) is 40.9 Å². The highest BCUT2D eigenvalue weighted by atomic mass is 35.5. The van der Waals surface area contributed by atoms with E-state index in [1.807, 2.05) is 19.1 Å². The Labute approximate surface area is 157 Å². The summed E-state index contributed by atoms with van der Waals surface area (Å²) in [5, 5.41) is 3.47. The van der Waals surface area contributed by atoms with Crippen molar-refractivity contribution in [1.29, 1.82) is 0 Å². The molecule has 1 amide bonds. The number of halogens is 2. The molecule has 1 aromatic carbocycles. The minimum Gasteiger partial charge on any atom is -0.438 e. The van der Waals surface area contributed by atoms with Gasteiger partial charge in [-0.05, 0) is 44.0 Å². The Kier molecular flexibility index (Phi) is 6.84. The van der Waals surface area contributed by atoms with Crippen molar-refractivity contribution in [2.24, 2.45) is 5.73 Å². The molecule has 2 atom stereocenters. The number of aryl methyl sites for hydroxylation is 1. The van der Waals surface area contributed by atoms with E-state index in [1.54, 1.807) is 12.1 Å². The fourth-order valence-corrected chi connectivity index (χ4v) is 2.87. The first-order chi connectivity index (χ1) is 11.6. The van der Waals surface area contributed by atoms with E-state index in [2.05, 4.69) is 10.3 Å². The van der Waals surface area contributed by atoms with Gasteiger partial charge in [-0.15, -0.1) is 12.4 Å². The van der Waals surface area contributed by atoms with E-state index in [-0.39, 0.29) is 31.0 Å². The minimum absolute atomic E-state index is 0. The number of carbonyl (C=O) groups is 1. The lowest BCUT2D eigenvalue weighted by atomic mass is 10.1. The molecule has 2 heterocycles. The minimum atomic E-state index is -0.439. The van der Waals surface area contributed by atoms with E-state index in [4.69, 9.17) is 26.5 Å². The number of amides is 1. The maximum absolute atomic E-state index is 12.1. The number of ether oxygens (including phenoxy) is 1. The smallest absolute Gasteiger partial charge is 0.249 e. The van der Waals surface area contributed by atoms with Crippen LogP contribution in [0.4, 0.5) is 0 Å². The molecule has 0 spiro atoms. The van der Waals surface area contributed by atoms with E-state index in [0.717, 1.165) is 17.7 Å². The van der Waals surface area contributed by atoms with Crippen LogP contribution in [0.2, 0.25) is 5.02 Å². The van der Waals surface area contributed by atoms with Crippen molar-refractivity contribution in [3.8, 4) is 11.3 Å². The van der Waals surface area contributed by atoms with Gasteiger partial charge in [-0.1, -0.05) is 11.6 Å². The van der Waals surface area contributed by atoms with Crippen LogP contribution in [0.15, 0.2) is 28.7 Å². The first-order valence-electron chi connectivity index (χ1n) is 7.92. The normalized spacial score (nSPS) is 19.5. The van der Waals surface area contributed by atoms with Gasteiger partial charge in [0, 0.05) is 17.1 Å². The summed E-state index contributed by atoms with van der Waals surface area (Å²) in [5.41, 5.74) is 7.22. The fourth-order valence-electron chi connectivity index (χ4n) is 2.75. The largest absolute Gasteiger partial charge is 0.438 e. The average Bonchev–Trinajstić information content (AvgIpc) is 3.20. The van der Waals surface area contributed by atoms with Gasteiger partial charge in [0.25, 0.3) is 0 Å². The molecule has 0 radical (unpaired) electrons. The zero-order valence-electron chi connectivity index (χ0n) is 13.8. The quantitative estimate of drug-likeness (QED) is 0.825. The molecule has 1 aromatic heterocycles. The van der Waals surface area contributed by atoms with Crippen LogP contribution in [0.1, 0.15) is 24.4 Å². The van der Waals surface area contributed by atoms with Gasteiger partial charge in [-0.3, -0.25) is 4.79 Å². The predicted molar refractivity (Wildman–Crippen MR) is 97.7 cm³/mol. The lowest BCUT2D eigenvalue weighted by Gasteiger charge is -2.11. The molecule has 3 rings (SSSR count). The van der Waals surface area contributed by atoms with Crippen LogP contribution >= 0.6 is 24.0 Å². The van der Waals surface area contributed by atoms with E-state index >= 15 is 0 Å². The number of oxazole rings is 1. The highest BCUT2D eigenvalue weighted by Gasteiger charge is 2.29. The lowest BCUT2D eigenvalue weighted by molar-refractivity contribution is -0.132. The van der Waals surface area contributed by atoms with Crippen LogP contribution in [0.3, 0.4) is 0 Å². The summed E-state index contributed by atoms with van der Waals surface area (Å²) in [6.07, 6.45) is 1.04. The summed E-state index contributed by atoms with van der Waals surface area (Å²) < 4.78 is 11.3. The number of benzene rings is 1. The van der Waals surface area contributed by atoms with Crippen LogP contribution in [0, 0.1) is 6.92 Å². The number of rotatable bonds is 5. The van der Waals surface area contributed by atoms with Crippen molar-refractivity contribution in [3.63, 3.8) is 0 Å². The van der Waals surface area contributed by atoms with Gasteiger partial charge < -0.3 is 20.2 Å². The van der Waals surface area contributed by atoms with Crippen LogP contribution in [-0.2, 0) is 16.1 Å². The molecule has 1 aliphatic rings. The third-order valence-electron chi connectivity index (χ3n) is 4.02. The molecule has 3 N–H and O–H groups in total. The van der Waals surface area contributed by atoms with E-state index < -0.39 is 6.10 Å². The van der Waals surface area contributed by atoms with Gasteiger partial charge in [-0.2, -0.15) is 0 Å². The second kappa shape index (κ2) is 8.67. The number of nitrogens with two attached hydrogens (primary N) is 1. The Hall–Kier alpha value is -1.60. The van der Waals surface area contributed by atoms with Crippen molar-refractivity contribution >= 4 is 29.9 Å². The van der Waals surface area contributed by atoms with Crippen LogP contribution < -0.4 is 11.1 Å². The maximum Gasteiger partial charge on any atom is 0.249 e. The molecule has 1 fully saturated rings. The first-order valence-corrected chi connectivity index (χ1v) is 8.30. The van der Waals surface area contributed by atoms with E-state index in [1.165, 1.54) is 0 Å². The Morgan fingerprint density at radius 2 is 2.08 bits per heavy atom. The Bertz CT molecular complexity index is 718. The number of hydrogen-bond acceptors (Lipinski definition) is 5. The van der Waals surface area contributed by atoms with Gasteiger partial charge in [0.05, 0.1) is 18.3 Å². The van der Waals surface area contributed by atoms with Gasteiger partial charge in [0.2, 0.25) is 11.8 Å². The summed E-state index contributed by atoms with van der Waals surface area (Å²) in [4.78, 5) is 16.5. The van der Waals surface area contributed by atoms with Crippen LogP contribution in [-0.4, -0.2) is 29.6 Å². The number of nitrogens with zero attached hydrogens (tertiary/aromatic N) is 1. The monoisotopic (exact) mass is 385 g/mol. The zero-order valence-corrected chi connectivity index (χ0v) is 15.4. The lowest BCUT2D eigenvalue weighted by Crippen LogP contribution is -2.35. The standard InChI is InChI=1S/C17H20ClN3O3.ClH/c1-10-16(11-2-4-12(18)5-3-11)24-15(21-10)9-20-17(22)14-7-6-13(8-19)23-14;/h2-5,13-14H,6-9,19H2,1H3,(H,20,22);1H/t13-,14+;/m1./s1. The zero-order chi connectivity index (χ0) is 17.1. The molecule has 0 unspecified atom stereocenters. The summed E-state index contributed by atoms with van der Waals surface area (Å²) in [6, 6.07) is 7.34. The summed E-state index contributed by atoms with van der Waals surface area (Å²) >= 11 is 5.90. The number of aromatic nitrogens is 1. The second-order valence-electron chi connectivity index (χ2n) is 5.81. The van der Waals surface area contributed by atoms with E-state index in [0.29, 0.717) is 29.6 Å². The van der Waals surface area contributed by atoms with Gasteiger partial charge in [-0.25, -0.2) is 4.98 Å². The molecular formula is C17H21Cl2N3O3.